The quantitative estimate of drug-likeness (QED) is 0.762. The molecule has 1 aromatic rings. The Morgan fingerprint density at radius 1 is 1.37 bits per heavy atom. The topological polar surface area (TPSA) is 95.7 Å². The number of rotatable bonds is 2. The van der Waals surface area contributed by atoms with Gasteiger partial charge in [0.1, 0.15) is 6.07 Å². The predicted octanol–water partition coefficient (Wildman–Crippen LogP) is 1.82. The zero-order valence-electron chi connectivity index (χ0n) is 14.9. The number of nitrogens with zero attached hydrogens (tertiary/aromatic N) is 4. The molecule has 0 bridgehead atoms. The molecule has 3 aliphatic rings. The maximum absolute atomic E-state index is 13.8. The SMILES string of the molecule is N#Cc1cnccc1N1CCOC2(CCS(=O)(=NC(=O)C3(F)CC3)CC2)C1. The average molecular weight is 392 g/mol. The van der Waals surface area contributed by atoms with Crippen molar-refractivity contribution in [2.75, 3.05) is 36.1 Å². The zero-order chi connectivity index (χ0) is 19.1. The summed E-state index contributed by atoms with van der Waals surface area (Å²) in [5, 5.41) is 9.31. The van der Waals surface area contributed by atoms with Crippen LogP contribution >= 0.6 is 0 Å². The molecule has 3 heterocycles. The highest BCUT2D eigenvalue weighted by Gasteiger charge is 2.52. The summed E-state index contributed by atoms with van der Waals surface area (Å²) in [4.78, 5) is 18.0. The van der Waals surface area contributed by atoms with E-state index in [1.165, 1.54) is 0 Å². The molecule has 7 nitrogen and oxygen atoms in total. The van der Waals surface area contributed by atoms with Crippen LogP contribution in [-0.2, 0) is 19.3 Å². The van der Waals surface area contributed by atoms with E-state index in [2.05, 4.69) is 20.3 Å². The fraction of sp³-hybridized carbons (Fsp3) is 0.611. The summed E-state index contributed by atoms with van der Waals surface area (Å²) in [5.74, 6) is -0.404. The second kappa shape index (κ2) is 6.53. The number of anilines is 1. The van der Waals surface area contributed by atoms with Gasteiger partial charge in [0.2, 0.25) is 0 Å². The van der Waals surface area contributed by atoms with E-state index in [9.17, 15) is 18.7 Å². The second-order valence-electron chi connectivity index (χ2n) is 7.50. The number of hydrogen-bond acceptors (Lipinski definition) is 6. The standard InChI is InChI=1S/C18H21FN4O3S/c19-18(2-3-18)16(24)22-27(25)9-4-17(5-10-27)13-23(7-8-26-17)15-1-6-21-12-14(15)11-20/h1,6,12H,2-5,7-10,13H2. The summed E-state index contributed by atoms with van der Waals surface area (Å²) in [6.45, 7) is 1.73. The van der Waals surface area contributed by atoms with Gasteiger partial charge in [-0.1, -0.05) is 0 Å². The molecule has 1 amide bonds. The van der Waals surface area contributed by atoms with Crippen LogP contribution in [-0.4, -0.2) is 57.6 Å². The average Bonchev–Trinajstić information content (AvgIpc) is 3.44. The van der Waals surface area contributed by atoms with E-state index in [1.807, 2.05) is 6.07 Å². The molecule has 1 spiro atoms. The third-order valence-electron chi connectivity index (χ3n) is 5.58. The maximum atomic E-state index is 13.8. The molecule has 0 aromatic carbocycles. The highest BCUT2D eigenvalue weighted by Crippen LogP contribution is 2.42. The lowest BCUT2D eigenvalue weighted by atomic mass is 9.94. The largest absolute Gasteiger partial charge is 0.371 e. The fourth-order valence-electron chi connectivity index (χ4n) is 3.67. The fourth-order valence-corrected chi connectivity index (χ4v) is 5.90. The first kappa shape index (κ1) is 18.3. The molecule has 2 saturated heterocycles. The van der Waals surface area contributed by atoms with E-state index in [4.69, 9.17) is 4.74 Å². The molecule has 0 atom stereocenters. The van der Waals surface area contributed by atoms with Crippen LogP contribution in [0.25, 0.3) is 0 Å². The van der Waals surface area contributed by atoms with Gasteiger partial charge in [0.05, 0.1) is 33.2 Å². The Bertz CT molecular complexity index is 917. The number of hydrogen-bond donors (Lipinski definition) is 0. The lowest BCUT2D eigenvalue weighted by Crippen LogP contribution is -2.55. The van der Waals surface area contributed by atoms with Gasteiger partial charge in [-0.15, -0.1) is 0 Å². The number of halogens is 1. The molecule has 144 valence electrons. The summed E-state index contributed by atoms with van der Waals surface area (Å²) in [6.07, 6.45) is 4.54. The lowest BCUT2D eigenvalue weighted by molar-refractivity contribution is -0.123. The summed E-state index contributed by atoms with van der Waals surface area (Å²) >= 11 is 0. The number of pyridine rings is 1. The van der Waals surface area contributed by atoms with Crippen molar-refractivity contribution in [1.29, 1.82) is 5.26 Å². The van der Waals surface area contributed by atoms with Gasteiger partial charge in [-0.3, -0.25) is 9.78 Å². The monoisotopic (exact) mass is 392 g/mol. The number of amides is 1. The minimum atomic E-state index is -2.73. The number of aromatic nitrogens is 1. The number of alkyl halides is 1. The van der Waals surface area contributed by atoms with Gasteiger partial charge in [0, 0.05) is 37.0 Å². The summed E-state index contributed by atoms with van der Waals surface area (Å²) in [6, 6.07) is 3.97. The highest BCUT2D eigenvalue weighted by molar-refractivity contribution is 7.93. The molecule has 1 aromatic heterocycles. The first-order valence-electron chi connectivity index (χ1n) is 9.06. The van der Waals surface area contributed by atoms with E-state index in [0.29, 0.717) is 38.1 Å². The molecule has 0 radical (unpaired) electrons. The van der Waals surface area contributed by atoms with Crippen molar-refractivity contribution in [3.05, 3.63) is 24.0 Å². The Hall–Kier alpha value is -2.05. The molecule has 9 heteroatoms. The van der Waals surface area contributed by atoms with E-state index in [1.54, 1.807) is 12.4 Å². The van der Waals surface area contributed by atoms with Crippen LogP contribution in [0.4, 0.5) is 10.1 Å². The summed E-state index contributed by atoms with van der Waals surface area (Å²) < 4.78 is 36.6. The number of morpholine rings is 1. The van der Waals surface area contributed by atoms with E-state index in [0.717, 1.165) is 5.69 Å². The van der Waals surface area contributed by atoms with Crippen LogP contribution in [0.2, 0.25) is 0 Å². The zero-order valence-corrected chi connectivity index (χ0v) is 15.7. The summed E-state index contributed by atoms with van der Waals surface area (Å²) in [5.41, 5.74) is -1.03. The van der Waals surface area contributed by atoms with Gasteiger partial charge in [-0.25, -0.2) is 8.60 Å². The van der Waals surface area contributed by atoms with Gasteiger partial charge in [0.25, 0.3) is 5.91 Å². The van der Waals surface area contributed by atoms with Gasteiger partial charge in [-0.2, -0.15) is 9.62 Å². The number of carbonyl (C=O) groups excluding carboxylic acids is 1. The van der Waals surface area contributed by atoms with Crippen molar-refractivity contribution in [2.24, 2.45) is 4.36 Å². The Balaban J connectivity index is 1.49. The molecule has 3 fully saturated rings. The van der Waals surface area contributed by atoms with Crippen LogP contribution in [0.1, 0.15) is 31.2 Å². The molecule has 0 unspecified atom stereocenters. The molecule has 4 rings (SSSR count). The third-order valence-corrected chi connectivity index (χ3v) is 7.77. The van der Waals surface area contributed by atoms with Gasteiger partial charge in [-0.05, 0) is 31.7 Å². The Morgan fingerprint density at radius 3 is 2.78 bits per heavy atom. The Morgan fingerprint density at radius 2 is 2.11 bits per heavy atom. The second-order valence-corrected chi connectivity index (χ2v) is 10.0. The van der Waals surface area contributed by atoms with Crippen LogP contribution in [0.5, 0.6) is 0 Å². The van der Waals surface area contributed by atoms with Crippen LogP contribution < -0.4 is 4.90 Å². The number of nitriles is 1. The number of ether oxygens (including phenoxy) is 1. The molecule has 1 aliphatic carbocycles. The molecule has 1 saturated carbocycles. The first-order valence-corrected chi connectivity index (χ1v) is 10.9. The minimum Gasteiger partial charge on any atom is -0.371 e. The Labute approximate surface area is 157 Å². The van der Waals surface area contributed by atoms with Crippen molar-refractivity contribution in [3.8, 4) is 6.07 Å². The summed E-state index contributed by atoms with van der Waals surface area (Å²) in [7, 11) is -2.73. The van der Waals surface area contributed by atoms with Crippen molar-refractivity contribution >= 4 is 21.3 Å². The smallest absolute Gasteiger partial charge is 0.291 e. The minimum absolute atomic E-state index is 0.181. The van der Waals surface area contributed by atoms with Gasteiger partial charge in [0.15, 0.2) is 5.67 Å². The van der Waals surface area contributed by atoms with Crippen molar-refractivity contribution < 1.29 is 18.1 Å². The normalized spacial score (nSPS) is 31.9. The van der Waals surface area contributed by atoms with E-state index < -0.39 is 26.9 Å². The number of carbonyl (C=O) groups is 1. The lowest BCUT2D eigenvalue weighted by Gasteiger charge is -2.46. The van der Waals surface area contributed by atoms with Crippen molar-refractivity contribution in [3.63, 3.8) is 0 Å². The third kappa shape index (κ3) is 3.56. The first-order chi connectivity index (χ1) is 12.9. The van der Waals surface area contributed by atoms with Crippen molar-refractivity contribution in [1.82, 2.24) is 4.98 Å². The molecular formula is C18H21FN4O3S. The van der Waals surface area contributed by atoms with Crippen LogP contribution in [0, 0.1) is 11.3 Å². The van der Waals surface area contributed by atoms with E-state index >= 15 is 0 Å². The van der Waals surface area contributed by atoms with Gasteiger partial charge < -0.3 is 9.64 Å². The molecular weight excluding hydrogens is 371 g/mol. The Kier molecular flexibility index (Phi) is 4.43. The van der Waals surface area contributed by atoms with Crippen molar-refractivity contribution in [2.45, 2.75) is 37.0 Å². The maximum Gasteiger partial charge on any atom is 0.291 e. The van der Waals surface area contributed by atoms with Crippen LogP contribution in [0.3, 0.4) is 0 Å². The molecule has 27 heavy (non-hydrogen) atoms. The van der Waals surface area contributed by atoms with Crippen LogP contribution in [0.15, 0.2) is 22.8 Å². The van der Waals surface area contributed by atoms with Gasteiger partial charge >= 0.3 is 0 Å². The molecule has 0 N–H and O–H groups in total. The van der Waals surface area contributed by atoms with E-state index in [-0.39, 0.29) is 24.3 Å². The highest BCUT2D eigenvalue weighted by atomic mass is 32.2. The predicted molar refractivity (Wildman–Crippen MR) is 97.5 cm³/mol. The molecule has 2 aliphatic heterocycles.